The molecular weight excluding hydrogens is 258 g/mol. The minimum atomic E-state index is -0.478. The van der Waals surface area contributed by atoms with Gasteiger partial charge in [0, 0.05) is 11.7 Å². The molecule has 0 aliphatic carbocycles. The number of methoxy groups -OCH3 is 1. The topological polar surface area (TPSA) is 82.4 Å². The molecule has 0 bridgehead atoms. The predicted octanol–water partition coefficient (Wildman–Crippen LogP) is 1.97. The van der Waals surface area contributed by atoms with E-state index >= 15 is 0 Å². The molecule has 0 atom stereocenters. The van der Waals surface area contributed by atoms with Crippen molar-refractivity contribution in [1.29, 1.82) is 5.26 Å². The molecule has 2 amide bonds. The van der Waals surface area contributed by atoms with Crippen LogP contribution in [0.2, 0.25) is 0 Å². The minimum absolute atomic E-state index is 0.115. The van der Waals surface area contributed by atoms with E-state index in [-0.39, 0.29) is 12.6 Å². The maximum atomic E-state index is 12.1. The fourth-order valence-electron chi connectivity index (χ4n) is 1.52. The second kappa shape index (κ2) is 7.14. The second-order valence-electron chi connectivity index (χ2n) is 4.42. The van der Waals surface area contributed by atoms with Gasteiger partial charge in [0.1, 0.15) is 6.54 Å². The number of benzene rings is 1. The molecule has 0 aliphatic heterocycles. The van der Waals surface area contributed by atoms with Crippen molar-refractivity contribution in [2.75, 3.05) is 19.0 Å². The Morgan fingerprint density at radius 3 is 2.40 bits per heavy atom. The summed E-state index contributed by atoms with van der Waals surface area (Å²) in [5.74, 6) is -0.478. The third-order valence-corrected chi connectivity index (χ3v) is 2.68. The Balaban J connectivity index is 2.75. The number of hydrogen-bond donors (Lipinski definition) is 1. The molecule has 0 fully saturated rings. The van der Waals surface area contributed by atoms with E-state index in [1.54, 1.807) is 38.1 Å². The highest BCUT2D eigenvalue weighted by Crippen LogP contribution is 2.11. The molecule has 1 aromatic rings. The number of esters is 1. The Kier molecular flexibility index (Phi) is 5.54. The number of urea groups is 1. The van der Waals surface area contributed by atoms with Gasteiger partial charge in [-0.3, -0.25) is 4.79 Å². The lowest BCUT2D eigenvalue weighted by Gasteiger charge is -2.25. The van der Waals surface area contributed by atoms with Crippen LogP contribution in [-0.2, 0) is 9.53 Å². The quantitative estimate of drug-likeness (QED) is 0.852. The first-order valence-electron chi connectivity index (χ1n) is 6.12. The summed E-state index contributed by atoms with van der Waals surface area (Å²) in [6, 6.07) is 7.94. The lowest BCUT2D eigenvalue weighted by atomic mass is 10.2. The molecule has 1 N–H and O–H groups in total. The number of ether oxygens (including phenoxy) is 1. The van der Waals surface area contributed by atoms with E-state index in [0.717, 1.165) is 0 Å². The molecule has 6 nitrogen and oxygen atoms in total. The molecule has 0 spiro atoms. The SMILES string of the molecule is COC(=O)CN(C(=O)Nc1ccc(C#N)cc1)C(C)C. The summed E-state index contributed by atoms with van der Waals surface area (Å²) in [6.45, 7) is 3.50. The molecule has 0 saturated heterocycles. The molecule has 6 heteroatoms. The van der Waals surface area contributed by atoms with Crippen LogP contribution in [0.5, 0.6) is 0 Å². The van der Waals surface area contributed by atoms with Gasteiger partial charge in [0.25, 0.3) is 0 Å². The Hall–Kier alpha value is -2.55. The van der Waals surface area contributed by atoms with Crippen LogP contribution >= 0.6 is 0 Å². The van der Waals surface area contributed by atoms with Gasteiger partial charge in [-0.25, -0.2) is 4.79 Å². The van der Waals surface area contributed by atoms with Crippen LogP contribution in [0.3, 0.4) is 0 Å². The summed E-state index contributed by atoms with van der Waals surface area (Å²) in [5.41, 5.74) is 1.07. The molecule has 0 radical (unpaired) electrons. The summed E-state index contributed by atoms with van der Waals surface area (Å²) >= 11 is 0. The zero-order valence-corrected chi connectivity index (χ0v) is 11.7. The average Bonchev–Trinajstić information content (AvgIpc) is 2.44. The molecule has 0 aromatic heterocycles. The molecule has 0 unspecified atom stereocenters. The third-order valence-electron chi connectivity index (χ3n) is 2.68. The first-order chi connectivity index (χ1) is 9.47. The van der Waals surface area contributed by atoms with Gasteiger partial charge in [0.05, 0.1) is 18.7 Å². The predicted molar refractivity (Wildman–Crippen MR) is 74.0 cm³/mol. The van der Waals surface area contributed by atoms with E-state index in [4.69, 9.17) is 5.26 Å². The number of rotatable bonds is 4. The van der Waals surface area contributed by atoms with Crippen molar-refractivity contribution in [2.24, 2.45) is 0 Å². The molecule has 20 heavy (non-hydrogen) atoms. The van der Waals surface area contributed by atoms with Crippen LogP contribution in [0.4, 0.5) is 10.5 Å². The van der Waals surface area contributed by atoms with Crippen molar-refractivity contribution in [1.82, 2.24) is 4.90 Å². The summed E-state index contributed by atoms with van der Waals surface area (Å²) < 4.78 is 4.56. The Morgan fingerprint density at radius 2 is 1.95 bits per heavy atom. The Bertz CT molecular complexity index is 517. The van der Waals surface area contributed by atoms with Crippen molar-refractivity contribution >= 4 is 17.7 Å². The van der Waals surface area contributed by atoms with Crippen LogP contribution in [0, 0.1) is 11.3 Å². The number of nitrogens with zero attached hydrogens (tertiary/aromatic N) is 2. The van der Waals surface area contributed by atoms with E-state index in [0.29, 0.717) is 11.3 Å². The molecule has 1 aromatic carbocycles. The van der Waals surface area contributed by atoms with Gasteiger partial charge >= 0.3 is 12.0 Å². The van der Waals surface area contributed by atoms with Crippen LogP contribution in [0.15, 0.2) is 24.3 Å². The summed E-state index contributed by atoms with van der Waals surface area (Å²) in [7, 11) is 1.28. The molecule has 0 aliphatic rings. The summed E-state index contributed by atoms with van der Waals surface area (Å²) in [5, 5.41) is 11.4. The highest BCUT2D eigenvalue weighted by Gasteiger charge is 2.20. The first kappa shape index (κ1) is 15.5. The average molecular weight is 275 g/mol. The van der Waals surface area contributed by atoms with Gasteiger partial charge in [0.15, 0.2) is 0 Å². The van der Waals surface area contributed by atoms with Crippen molar-refractivity contribution in [3.8, 4) is 6.07 Å². The van der Waals surface area contributed by atoms with Crippen molar-refractivity contribution in [2.45, 2.75) is 19.9 Å². The molecule has 0 saturated carbocycles. The molecule has 106 valence electrons. The molecule has 1 rings (SSSR count). The number of carbonyl (C=O) groups is 2. The monoisotopic (exact) mass is 275 g/mol. The van der Waals surface area contributed by atoms with Gasteiger partial charge in [-0.15, -0.1) is 0 Å². The van der Waals surface area contributed by atoms with Gasteiger partial charge in [-0.1, -0.05) is 0 Å². The van der Waals surface area contributed by atoms with Crippen LogP contribution in [0.1, 0.15) is 19.4 Å². The fourth-order valence-corrected chi connectivity index (χ4v) is 1.52. The van der Waals surface area contributed by atoms with Crippen molar-refractivity contribution in [3.63, 3.8) is 0 Å². The summed E-state index contributed by atoms with van der Waals surface area (Å²) in [6.07, 6.45) is 0. The number of carbonyl (C=O) groups excluding carboxylic acids is 2. The highest BCUT2D eigenvalue weighted by atomic mass is 16.5. The smallest absolute Gasteiger partial charge is 0.325 e. The van der Waals surface area contributed by atoms with Gasteiger partial charge in [-0.05, 0) is 38.1 Å². The molecular formula is C14H17N3O3. The van der Waals surface area contributed by atoms with E-state index in [1.807, 2.05) is 6.07 Å². The van der Waals surface area contributed by atoms with Gasteiger partial charge in [-0.2, -0.15) is 5.26 Å². The third kappa shape index (κ3) is 4.28. The van der Waals surface area contributed by atoms with E-state index < -0.39 is 12.0 Å². The van der Waals surface area contributed by atoms with E-state index in [2.05, 4.69) is 10.1 Å². The zero-order valence-electron chi connectivity index (χ0n) is 11.7. The lowest BCUT2D eigenvalue weighted by Crippen LogP contribution is -2.43. The first-order valence-corrected chi connectivity index (χ1v) is 6.12. The summed E-state index contributed by atoms with van der Waals surface area (Å²) in [4.78, 5) is 24.8. The second-order valence-corrected chi connectivity index (χ2v) is 4.42. The number of hydrogen-bond acceptors (Lipinski definition) is 4. The number of amides is 2. The maximum Gasteiger partial charge on any atom is 0.325 e. The lowest BCUT2D eigenvalue weighted by molar-refractivity contribution is -0.141. The maximum absolute atomic E-state index is 12.1. The number of nitrogens with one attached hydrogen (secondary N) is 1. The minimum Gasteiger partial charge on any atom is -0.468 e. The standard InChI is InChI=1S/C14H17N3O3/c1-10(2)17(9-13(18)20-3)14(19)16-12-6-4-11(8-15)5-7-12/h4-7,10H,9H2,1-3H3,(H,16,19). The number of anilines is 1. The molecule has 0 heterocycles. The van der Waals surface area contributed by atoms with Gasteiger partial charge < -0.3 is 15.0 Å². The largest absolute Gasteiger partial charge is 0.468 e. The van der Waals surface area contributed by atoms with Crippen LogP contribution in [-0.4, -0.2) is 36.6 Å². The number of nitriles is 1. The van der Waals surface area contributed by atoms with Crippen LogP contribution in [0.25, 0.3) is 0 Å². The highest BCUT2D eigenvalue weighted by molar-refractivity contribution is 5.91. The Morgan fingerprint density at radius 1 is 1.35 bits per heavy atom. The Labute approximate surface area is 117 Å². The fraction of sp³-hybridized carbons (Fsp3) is 0.357. The normalized spacial score (nSPS) is 9.75. The van der Waals surface area contributed by atoms with Gasteiger partial charge in [0.2, 0.25) is 0 Å². The van der Waals surface area contributed by atoms with Crippen LogP contribution < -0.4 is 5.32 Å². The zero-order chi connectivity index (χ0) is 15.1. The van der Waals surface area contributed by atoms with E-state index in [9.17, 15) is 9.59 Å². The van der Waals surface area contributed by atoms with E-state index in [1.165, 1.54) is 12.0 Å². The van der Waals surface area contributed by atoms with Crippen molar-refractivity contribution in [3.05, 3.63) is 29.8 Å². The van der Waals surface area contributed by atoms with Crippen molar-refractivity contribution < 1.29 is 14.3 Å².